The first-order valence-corrected chi connectivity index (χ1v) is 6.27. The van der Waals surface area contributed by atoms with Gasteiger partial charge in [0.1, 0.15) is 17.0 Å². The molecule has 0 radical (unpaired) electrons. The first kappa shape index (κ1) is 13.2. The lowest BCUT2D eigenvalue weighted by Crippen LogP contribution is -2.02. The van der Waals surface area contributed by atoms with Gasteiger partial charge in [0.05, 0.1) is 18.2 Å². The van der Waals surface area contributed by atoms with Gasteiger partial charge in [-0.05, 0) is 18.2 Å². The lowest BCUT2D eigenvalue weighted by Gasteiger charge is -2.00. The van der Waals surface area contributed by atoms with Crippen molar-refractivity contribution in [2.45, 2.75) is 0 Å². The molecular weight excluding hydrogens is 273 g/mol. The lowest BCUT2D eigenvalue weighted by molar-refractivity contribution is 0.0600. The summed E-state index contributed by atoms with van der Waals surface area (Å²) in [6.45, 7) is 0. The van der Waals surface area contributed by atoms with E-state index in [-0.39, 0.29) is 5.82 Å². The molecule has 1 aromatic carbocycles. The molecule has 0 fully saturated rings. The van der Waals surface area contributed by atoms with Gasteiger partial charge in [-0.3, -0.25) is 9.67 Å². The normalized spacial score (nSPS) is 10.8. The smallest absolute Gasteiger partial charge is 0.339 e. The van der Waals surface area contributed by atoms with E-state index in [9.17, 15) is 9.18 Å². The summed E-state index contributed by atoms with van der Waals surface area (Å²) in [7, 11) is 3.06. The Hall–Kier alpha value is -2.76. The molecule has 6 heteroatoms. The molecule has 3 rings (SSSR count). The van der Waals surface area contributed by atoms with Crippen molar-refractivity contribution >= 4 is 17.0 Å². The molecule has 3 aromatic rings. The van der Waals surface area contributed by atoms with Crippen LogP contribution < -0.4 is 0 Å². The molecule has 0 saturated heterocycles. The molecular formula is C15H12FN3O2. The van der Waals surface area contributed by atoms with Crippen molar-refractivity contribution in [1.82, 2.24) is 14.8 Å². The van der Waals surface area contributed by atoms with Crippen LogP contribution in [0, 0.1) is 5.82 Å². The Kier molecular flexibility index (Phi) is 3.13. The third-order valence-corrected chi connectivity index (χ3v) is 3.21. The summed E-state index contributed by atoms with van der Waals surface area (Å²) in [6, 6.07) is 7.81. The zero-order valence-electron chi connectivity index (χ0n) is 11.5. The summed E-state index contributed by atoms with van der Waals surface area (Å²) in [4.78, 5) is 15.8. The minimum atomic E-state index is -0.460. The predicted octanol–water partition coefficient (Wildman–Crippen LogP) is 2.56. The molecule has 0 aliphatic heterocycles. The number of carbonyl (C=O) groups is 1. The molecule has 0 unspecified atom stereocenters. The van der Waals surface area contributed by atoms with Crippen molar-refractivity contribution in [3.05, 3.63) is 47.9 Å². The number of benzene rings is 1. The van der Waals surface area contributed by atoms with Crippen molar-refractivity contribution in [3.8, 4) is 11.3 Å². The summed E-state index contributed by atoms with van der Waals surface area (Å²) >= 11 is 0. The van der Waals surface area contributed by atoms with Crippen LogP contribution in [0.15, 0.2) is 36.5 Å². The number of aryl methyl sites for hydroxylation is 1. The second kappa shape index (κ2) is 4.97. The number of halogens is 1. The van der Waals surface area contributed by atoms with Crippen LogP contribution in [-0.2, 0) is 11.8 Å². The number of nitrogens with zero attached hydrogens (tertiary/aromatic N) is 3. The molecule has 0 aliphatic rings. The topological polar surface area (TPSA) is 57.0 Å². The zero-order valence-corrected chi connectivity index (χ0v) is 11.5. The van der Waals surface area contributed by atoms with E-state index in [2.05, 4.69) is 14.8 Å². The molecule has 0 amide bonds. The Bertz CT molecular complexity index is 842. The van der Waals surface area contributed by atoms with E-state index in [1.54, 1.807) is 29.9 Å². The summed E-state index contributed by atoms with van der Waals surface area (Å²) in [5.74, 6) is -0.796. The largest absolute Gasteiger partial charge is 0.465 e. The average Bonchev–Trinajstić information content (AvgIpc) is 2.83. The molecule has 21 heavy (non-hydrogen) atoms. The second-order valence-corrected chi connectivity index (χ2v) is 4.57. The van der Waals surface area contributed by atoms with E-state index < -0.39 is 5.97 Å². The van der Waals surface area contributed by atoms with Gasteiger partial charge in [0.25, 0.3) is 0 Å². The minimum Gasteiger partial charge on any atom is -0.465 e. The van der Waals surface area contributed by atoms with Gasteiger partial charge >= 0.3 is 5.97 Å². The highest BCUT2D eigenvalue weighted by molar-refractivity contribution is 5.96. The highest BCUT2D eigenvalue weighted by atomic mass is 19.1. The summed E-state index contributed by atoms with van der Waals surface area (Å²) < 4.78 is 19.6. The fraction of sp³-hybridized carbons (Fsp3) is 0.133. The molecule has 0 atom stereocenters. The Morgan fingerprint density at radius 3 is 2.86 bits per heavy atom. The summed E-state index contributed by atoms with van der Waals surface area (Å²) in [6.07, 6.45) is 1.43. The van der Waals surface area contributed by atoms with Gasteiger partial charge in [-0.15, -0.1) is 0 Å². The van der Waals surface area contributed by atoms with Crippen LogP contribution in [0.3, 0.4) is 0 Å². The first-order chi connectivity index (χ1) is 10.1. The van der Waals surface area contributed by atoms with E-state index in [1.807, 2.05) is 0 Å². The number of ether oxygens (including phenoxy) is 1. The molecule has 0 N–H and O–H groups in total. The fourth-order valence-corrected chi connectivity index (χ4v) is 2.19. The van der Waals surface area contributed by atoms with E-state index in [1.165, 1.54) is 25.4 Å². The fourth-order valence-electron chi connectivity index (χ4n) is 2.19. The number of esters is 1. The van der Waals surface area contributed by atoms with Gasteiger partial charge < -0.3 is 4.74 Å². The van der Waals surface area contributed by atoms with Gasteiger partial charge in [0.2, 0.25) is 0 Å². The van der Waals surface area contributed by atoms with Crippen LogP contribution in [0.2, 0.25) is 0 Å². The molecule has 0 spiro atoms. The number of hydrogen-bond donors (Lipinski definition) is 0. The highest BCUT2D eigenvalue weighted by Gasteiger charge is 2.15. The maximum Gasteiger partial charge on any atom is 0.339 e. The molecule has 0 saturated carbocycles. The van der Waals surface area contributed by atoms with Gasteiger partial charge in [-0.25, -0.2) is 9.18 Å². The standard InChI is InChI=1S/C15H12FN3O2/c1-19-12-7-10(15(20)21-2)8-17-14(12)13(18-19)9-4-3-5-11(16)6-9/h3-8H,1-2H3. The van der Waals surface area contributed by atoms with Crippen LogP contribution in [0.4, 0.5) is 4.39 Å². The van der Waals surface area contributed by atoms with Gasteiger partial charge in [0.15, 0.2) is 0 Å². The number of methoxy groups -OCH3 is 1. The van der Waals surface area contributed by atoms with E-state index >= 15 is 0 Å². The Morgan fingerprint density at radius 1 is 1.33 bits per heavy atom. The van der Waals surface area contributed by atoms with Crippen LogP contribution >= 0.6 is 0 Å². The van der Waals surface area contributed by atoms with Gasteiger partial charge in [-0.1, -0.05) is 12.1 Å². The second-order valence-electron chi connectivity index (χ2n) is 4.57. The highest BCUT2D eigenvalue weighted by Crippen LogP contribution is 2.26. The molecule has 106 valence electrons. The third-order valence-electron chi connectivity index (χ3n) is 3.21. The van der Waals surface area contributed by atoms with Gasteiger partial charge in [-0.2, -0.15) is 5.10 Å². The summed E-state index contributed by atoms with van der Waals surface area (Å²) in [5.41, 5.74) is 2.84. The van der Waals surface area contributed by atoms with Crippen molar-refractivity contribution < 1.29 is 13.9 Å². The van der Waals surface area contributed by atoms with Crippen molar-refractivity contribution in [2.75, 3.05) is 7.11 Å². The number of rotatable bonds is 2. The SMILES string of the molecule is COC(=O)c1cnc2c(-c3cccc(F)c3)nn(C)c2c1. The molecule has 2 aromatic heterocycles. The zero-order chi connectivity index (χ0) is 15.0. The maximum atomic E-state index is 13.4. The Labute approximate surface area is 120 Å². The first-order valence-electron chi connectivity index (χ1n) is 6.27. The molecule has 5 nitrogen and oxygen atoms in total. The third kappa shape index (κ3) is 2.24. The molecule has 0 bridgehead atoms. The number of carbonyl (C=O) groups excluding carboxylic acids is 1. The van der Waals surface area contributed by atoms with E-state index in [0.29, 0.717) is 27.9 Å². The number of hydrogen-bond acceptors (Lipinski definition) is 4. The number of fused-ring (bicyclic) bond motifs is 1. The van der Waals surface area contributed by atoms with Gasteiger partial charge in [0, 0.05) is 18.8 Å². The summed E-state index contributed by atoms with van der Waals surface area (Å²) in [5, 5.41) is 4.36. The van der Waals surface area contributed by atoms with Crippen molar-refractivity contribution in [1.29, 1.82) is 0 Å². The van der Waals surface area contributed by atoms with Crippen molar-refractivity contribution in [3.63, 3.8) is 0 Å². The van der Waals surface area contributed by atoms with E-state index in [4.69, 9.17) is 0 Å². The van der Waals surface area contributed by atoms with E-state index in [0.717, 1.165) is 0 Å². The Balaban J connectivity index is 2.20. The maximum absolute atomic E-state index is 13.4. The van der Waals surface area contributed by atoms with Crippen molar-refractivity contribution in [2.24, 2.45) is 7.05 Å². The quantitative estimate of drug-likeness (QED) is 0.679. The monoisotopic (exact) mass is 285 g/mol. The predicted molar refractivity (Wildman–Crippen MR) is 75.2 cm³/mol. The van der Waals surface area contributed by atoms with Crippen LogP contribution in [0.5, 0.6) is 0 Å². The number of pyridine rings is 1. The lowest BCUT2D eigenvalue weighted by atomic mass is 10.1. The minimum absolute atomic E-state index is 0.336. The van der Waals surface area contributed by atoms with Crippen LogP contribution in [-0.4, -0.2) is 27.8 Å². The average molecular weight is 285 g/mol. The molecule has 2 heterocycles. The van der Waals surface area contributed by atoms with Crippen LogP contribution in [0.25, 0.3) is 22.3 Å². The Morgan fingerprint density at radius 2 is 2.14 bits per heavy atom. The molecule has 0 aliphatic carbocycles. The number of aromatic nitrogens is 3. The van der Waals surface area contributed by atoms with Crippen LogP contribution in [0.1, 0.15) is 10.4 Å².